The molecule has 1 unspecified atom stereocenters. The minimum atomic E-state index is -3.61. The molecule has 2 saturated heterocycles. The van der Waals surface area contributed by atoms with Gasteiger partial charge in [-0.3, -0.25) is 4.90 Å². The van der Waals surface area contributed by atoms with E-state index in [1.807, 2.05) is 0 Å². The van der Waals surface area contributed by atoms with Crippen LogP contribution in [-0.2, 0) is 10.0 Å². The Morgan fingerprint density at radius 1 is 1.29 bits per heavy atom. The molecule has 0 bridgehead atoms. The highest BCUT2D eigenvalue weighted by Crippen LogP contribution is 2.38. The van der Waals surface area contributed by atoms with Crippen molar-refractivity contribution < 1.29 is 12.8 Å². The van der Waals surface area contributed by atoms with Crippen LogP contribution in [0, 0.1) is 5.82 Å². The summed E-state index contributed by atoms with van der Waals surface area (Å²) in [5, 5.41) is -0.164. The number of sulfonamides is 1. The lowest BCUT2D eigenvalue weighted by atomic mass is 9.96. The molecule has 2 heterocycles. The van der Waals surface area contributed by atoms with Crippen LogP contribution in [0.25, 0.3) is 0 Å². The Bertz CT molecular complexity index is 667. The molecule has 116 valence electrons. The molecular formula is C14H18ClFN2O2S. The zero-order valence-corrected chi connectivity index (χ0v) is 13.4. The largest absolute Gasteiger partial charge is 0.299 e. The number of likely N-dealkylation sites (N-methyl/N-ethyl adjacent to an activating group) is 1. The van der Waals surface area contributed by atoms with E-state index in [4.69, 9.17) is 11.6 Å². The van der Waals surface area contributed by atoms with Gasteiger partial charge in [0.1, 0.15) is 5.82 Å². The number of benzene rings is 1. The molecule has 2 aliphatic rings. The third-order valence-corrected chi connectivity index (χ3v) is 6.90. The normalized spacial score (nSPS) is 27.8. The van der Waals surface area contributed by atoms with Gasteiger partial charge in [0, 0.05) is 18.6 Å². The number of halogens is 2. The van der Waals surface area contributed by atoms with Crippen LogP contribution >= 0.6 is 11.6 Å². The van der Waals surface area contributed by atoms with Crippen LogP contribution in [0.1, 0.15) is 19.3 Å². The van der Waals surface area contributed by atoms with E-state index in [1.165, 1.54) is 16.4 Å². The highest BCUT2D eigenvalue weighted by atomic mass is 35.5. The summed E-state index contributed by atoms with van der Waals surface area (Å²) in [7, 11) is -1.56. The maximum absolute atomic E-state index is 13.2. The van der Waals surface area contributed by atoms with E-state index in [2.05, 4.69) is 11.9 Å². The molecular weight excluding hydrogens is 315 g/mol. The summed E-state index contributed by atoms with van der Waals surface area (Å²) in [4.78, 5) is 2.33. The van der Waals surface area contributed by atoms with Crippen LogP contribution in [0.2, 0.25) is 5.02 Å². The van der Waals surface area contributed by atoms with Gasteiger partial charge in [-0.25, -0.2) is 12.8 Å². The van der Waals surface area contributed by atoms with Crippen molar-refractivity contribution >= 4 is 21.6 Å². The third kappa shape index (κ3) is 2.48. The van der Waals surface area contributed by atoms with Crippen molar-refractivity contribution in [3.05, 3.63) is 29.0 Å². The highest BCUT2D eigenvalue weighted by Gasteiger charge is 2.47. The standard InChI is InChI=1S/C14H18ClFN2O2S/c1-17-7-2-5-14(17)6-8-18(10-14)21(19,20)11-3-4-13(16)12(15)9-11/h3-4,9H,2,5-8,10H2,1H3. The topological polar surface area (TPSA) is 40.6 Å². The van der Waals surface area contributed by atoms with E-state index in [0.29, 0.717) is 13.1 Å². The molecule has 4 nitrogen and oxygen atoms in total. The zero-order valence-electron chi connectivity index (χ0n) is 11.8. The number of rotatable bonds is 2. The third-order valence-electron chi connectivity index (χ3n) is 4.77. The van der Waals surface area contributed by atoms with E-state index in [1.54, 1.807) is 0 Å². The SMILES string of the molecule is CN1CCCC12CCN(S(=O)(=O)c1ccc(F)c(Cl)c1)C2. The van der Waals surface area contributed by atoms with Gasteiger partial charge >= 0.3 is 0 Å². The first kappa shape index (κ1) is 15.2. The Balaban J connectivity index is 1.88. The summed E-state index contributed by atoms with van der Waals surface area (Å²) >= 11 is 5.70. The van der Waals surface area contributed by atoms with Crippen molar-refractivity contribution in [1.82, 2.24) is 9.21 Å². The zero-order chi connectivity index (χ0) is 15.3. The molecule has 1 aromatic carbocycles. The van der Waals surface area contributed by atoms with Gasteiger partial charge in [-0.1, -0.05) is 11.6 Å². The van der Waals surface area contributed by atoms with E-state index >= 15 is 0 Å². The molecule has 7 heteroatoms. The molecule has 0 saturated carbocycles. The average molecular weight is 333 g/mol. The van der Waals surface area contributed by atoms with Gasteiger partial charge in [0.25, 0.3) is 0 Å². The Kier molecular flexibility index (Phi) is 3.76. The second-order valence-electron chi connectivity index (χ2n) is 5.91. The highest BCUT2D eigenvalue weighted by molar-refractivity contribution is 7.89. The average Bonchev–Trinajstić information content (AvgIpc) is 3.02. The molecule has 0 aliphatic carbocycles. The second kappa shape index (κ2) is 5.19. The number of hydrogen-bond acceptors (Lipinski definition) is 3. The molecule has 0 amide bonds. The lowest BCUT2D eigenvalue weighted by Crippen LogP contribution is -2.44. The van der Waals surface area contributed by atoms with Crippen molar-refractivity contribution in [2.45, 2.75) is 29.7 Å². The summed E-state index contributed by atoms with van der Waals surface area (Å²) in [6.07, 6.45) is 2.98. The molecule has 2 fully saturated rings. The fourth-order valence-electron chi connectivity index (χ4n) is 3.40. The van der Waals surface area contributed by atoms with Crippen molar-refractivity contribution in [2.75, 3.05) is 26.7 Å². The van der Waals surface area contributed by atoms with Gasteiger partial charge in [0.2, 0.25) is 10.0 Å². The molecule has 1 spiro atoms. The Morgan fingerprint density at radius 3 is 2.67 bits per heavy atom. The molecule has 0 aromatic heterocycles. The van der Waals surface area contributed by atoms with Crippen molar-refractivity contribution in [3.8, 4) is 0 Å². The first-order valence-corrected chi connectivity index (χ1v) is 8.83. The minimum Gasteiger partial charge on any atom is -0.299 e. The van der Waals surface area contributed by atoms with Crippen LogP contribution in [0.3, 0.4) is 0 Å². The van der Waals surface area contributed by atoms with E-state index in [9.17, 15) is 12.8 Å². The lowest BCUT2D eigenvalue weighted by molar-refractivity contribution is 0.188. The predicted molar refractivity (Wildman–Crippen MR) is 79.4 cm³/mol. The maximum Gasteiger partial charge on any atom is 0.243 e. The van der Waals surface area contributed by atoms with Crippen molar-refractivity contribution in [2.24, 2.45) is 0 Å². The van der Waals surface area contributed by atoms with E-state index in [0.717, 1.165) is 31.9 Å². The Hall–Kier alpha value is -0.690. The van der Waals surface area contributed by atoms with Crippen LogP contribution < -0.4 is 0 Å². The maximum atomic E-state index is 13.2. The molecule has 21 heavy (non-hydrogen) atoms. The first-order chi connectivity index (χ1) is 9.85. The Labute approximate surface area is 129 Å². The first-order valence-electron chi connectivity index (χ1n) is 7.02. The van der Waals surface area contributed by atoms with E-state index < -0.39 is 15.8 Å². The summed E-state index contributed by atoms with van der Waals surface area (Å²) in [6, 6.07) is 3.57. The van der Waals surface area contributed by atoms with Crippen LogP contribution in [0.5, 0.6) is 0 Å². The molecule has 1 aromatic rings. The van der Waals surface area contributed by atoms with Gasteiger partial charge in [-0.05, 0) is 51.1 Å². The minimum absolute atomic E-state index is 0.0309. The monoisotopic (exact) mass is 332 g/mol. The van der Waals surface area contributed by atoms with Crippen molar-refractivity contribution in [3.63, 3.8) is 0 Å². The van der Waals surface area contributed by atoms with Gasteiger partial charge in [0.15, 0.2) is 0 Å². The molecule has 2 aliphatic heterocycles. The molecule has 0 N–H and O–H groups in total. The molecule has 3 rings (SSSR count). The van der Waals surface area contributed by atoms with E-state index in [-0.39, 0.29) is 15.5 Å². The summed E-state index contributed by atoms with van der Waals surface area (Å²) < 4.78 is 40.0. The number of nitrogens with zero attached hydrogens (tertiary/aromatic N) is 2. The summed E-state index contributed by atoms with van der Waals surface area (Å²) in [6.45, 7) is 2.01. The fourth-order valence-corrected chi connectivity index (χ4v) is 5.19. The summed E-state index contributed by atoms with van der Waals surface area (Å²) in [5.74, 6) is -0.607. The Morgan fingerprint density at radius 2 is 2.05 bits per heavy atom. The van der Waals surface area contributed by atoms with Gasteiger partial charge in [0.05, 0.1) is 9.92 Å². The lowest BCUT2D eigenvalue weighted by Gasteiger charge is -2.31. The molecule has 0 radical (unpaired) electrons. The second-order valence-corrected chi connectivity index (χ2v) is 8.26. The van der Waals surface area contributed by atoms with Crippen molar-refractivity contribution in [1.29, 1.82) is 0 Å². The van der Waals surface area contributed by atoms with Gasteiger partial charge in [-0.2, -0.15) is 4.31 Å². The molecule has 1 atom stereocenters. The predicted octanol–water partition coefficient (Wildman–Crippen LogP) is 2.34. The summed E-state index contributed by atoms with van der Waals surface area (Å²) in [5.41, 5.74) is -0.0309. The number of hydrogen-bond donors (Lipinski definition) is 0. The number of likely N-dealkylation sites (tertiary alicyclic amines) is 1. The van der Waals surface area contributed by atoms with Gasteiger partial charge < -0.3 is 0 Å². The fraction of sp³-hybridized carbons (Fsp3) is 0.571. The van der Waals surface area contributed by atoms with Crippen LogP contribution in [0.15, 0.2) is 23.1 Å². The van der Waals surface area contributed by atoms with Crippen LogP contribution in [-0.4, -0.2) is 49.8 Å². The van der Waals surface area contributed by atoms with Gasteiger partial charge in [-0.15, -0.1) is 0 Å². The smallest absolute Gasteiger partial charge is 0.243 e. The quantitative estimate of drug-likeness (QED) is 0.834. The van der Waals surface area contributed by atoms with Crippen LogP contribution in [0.4, 0.5) is 4.39 Å².